The van der Waals surface area contributed by atoms with Crippen molar-refractivity contribution in [2.75, 3.05) is 13.6 Å². The number of rotatable bonds is 3. The number of hydrogen-bond donors (Lipinski definition) is 3. The minimum absolute atomic E-state index is 0.0306. The molecule has 1 saturated heterocycles. The normalized spacial score (nSPS) is 18.7. The van der Waals surface area contributed by atoms with E-state index in [9.17, 15) is 19.2 Å². The van der Waals surface area contributed by atoms with Crippen LogP contribution in [0.3, 0.4) is 0 Å². The third-order valence-electron chi connectivity index (χ3n) is 2.32. The molecule has 0 aliphatic carbocycles. The number of amides is 4. The van der Waals surface area contributed by atoms with Gasteiger partial charge >= 0.3 is 11.8 Å². The second-order valence-electron chi connectivity index (χ2n) is 3.67. The fourth-order valence-corrected chi connectivity index (χ4v) is 1.41. The molecule has 8 nitrogen and oxygen atoms in total. The lowest BCUT2D eigenvalue weighted by atomic mass is 10.2. The van der Waals surface area contributed by atoms with Crippen LogP contribution in [0.2, 0.25) is 0 Å². The van der Waals surface area contributed by atoms with Crippen LogP contribution in [0.25, 0.3) is 0 Å². The van der Waals surface area contributed by atoms with Crippen LogP contribution in [-0.4, -0.2) is 53.2 Å². The summed E-state index contributed by atoms with van der Waals surface area (Å²) in [7, 11) is 1.31. The predicted molar refractivity (Wildman–Crippen MR) is 64.1 cm³/mol. The van der Waals surface area contributed by atoms with Crippen LogP contribution < -0.4 is 16.4 Å². The molecule has 1 aliphatic rings. The first kappa shape index (κ1) is 14.0. The van der Waals surface area contributed by atoms with E-state index in [0.29, 0.717) is 0 Å². The van der Waals surface area contributed by atoms with E-state index in [1.165, 1.54) is 7.05 Å². The first-order valence-corrected chi connectivity index (χ1v) is 5.41. The van der Waals surface area contributed by atoms with Crippen LogP contribution in [0.15, 0.2) is 0 Å². The highest BCUT2D eigenvalue weighted by Gasteiger charge is 2.37. The van der Waals surface area contributed by atoms with E-state index in [0.717, 1.165) is 4.90 Å². The fraction of sp³-hybridized carbons (Fsp3) is 0.444. The lowest BCUT2D eigenvalue weighted by Crippen LogP contribution is -2.48. The highest BCUT2D eigenvalue weighted by atomic mass is 32.1. The molecular weight excluding hydrogens is 260 g/mol. The number of carbonyl (C=O) groups is 4. The Morgan fingerprint density at radius 1 is 1.44 bits per heavy atom. The number of hydrogen-bond acceptors (Lipinski definition) is 5. The van der Waals surface area contributed by atoms with E-state index in [2.05, 4.69) is 22.9 Å². The number of likely N-dealkylation sites (N-methyl/N-ethyl adjacent to an activating group) is 1. The molecule has 18 heavy (non-hydrogen) atoms. The van der Waals surface area contributed by atoms with Crippen molar-refractivity contribution in [3.8, 4) is 0 Å². The van der Waals surface area contributed by atoms with Crippen molar-refractivity contribution in [3.05, 3.63) is 0 Å². The Balaban J connectivity index is 2.50. The summed E-state index contributed by atoms with van der Waals surface area (Å²) >= 11 is 4.52. The summed E-state index contributed by atoms with van der Waals surface area (Å²) in [5.74, 6) is -2.92. The molecule has 0 saturated carbocycles. The molecule has 1 unspecified atom stereocenters. The first-order chi connectivity index (χ1) is 8.32. The summed E-state index contributed by atoms with van der Waals surface area (Å²) in [5.41, 5.74) is 5.14. The van der Waals surface area contributed by atoms with Crippen molar-refractivity contribution in [2.45, 2.75) is 12.5 Å². The zero-order chi connectivity index (χ0) is 13.9. The molecule has 1 rings (SSSR count). The van der Waals surface area contributed by atoms with Gasteiger partial charge in [0, 0.05) is 7.05 Å². The Labute approximate surface area is 108 Å². The Morgan fingerprint density at radius 2 is 2.06 bits per heavy atom. The van der Waals surface area contributed by atoms with Gasteiger partial charge < -0.3 is 16.4 Å². The monoisotopic (exact) mass is 272 g/mol. The maximum absolute atomic E-state index is 11.5. The molecule has 4 N–H and O–H groups in total. The third kappa shape index (κ3) is 3.23. The van der Waals surface area contributed by atoms with Crippen molar-refractivity contribution in [2.24, 2.45) is 5.73 Å². The minimum atomic E-state index is -1.01. The van der Waals surface area contributed by atoms with Crippen LogP contribution in [0.5, 0.6) is 0 Å². The van der Waals surface area contributed by atoms with Gasteiger partial charge in [-0.2, -0.15) is 0 Å². The molecule has 1 heterocycles. The average molecular weight is 272 g/mol. The minimum Gasteiger partial charge on any atom is -0.392 e. The van der Waals surface area contributed by atoms with Crippen molar-refractivity contribution >= 4 is 40.8 Å². The topological polar surface area (TPSA) is 122 Å². The Bertz CT molecular complexity index is 436. The van der Waals surface area contributed by atoms with Gasteiger partial charge in [0.15, 0.2) is 0 Å². The van der Waals surface area contributed by atoms with Gasteiger partial charge in [0.2, 0.25) is 5.91 Å². The Morgan fingerprint density at radius 3 is 2.50 bits per heavy atom. The lowest BCUT2D eigenvalue weighted by Gasteiger charge is -2.10. The van der Waals surface area contributed by atoms with E-state index in [1.807, 2.05) is 0 Å². The van der Waals surface area contributed by atoms with Gasteiger partial charge in [-0.25, -0.2) is 0 Å². The second kappa shape index (κ2) is 5.54. The van der Waals surface area contributed by atoms with Crippen molar-refractivity contribution in [1.82, 2.24) is 15.5 Å². The van der Waals surface area contributed by atoms with Crippen molar-refractivity contribution in [3.63, 3.8) is 0 Å². The highest BCUT2D eigenvalue weighted by Crippen LogP contribution is 2.09. The molecule has 0 radical (unpaired) electrons. The summed E-state index contributed by atoms with van der Waals surface area (Å²) in [4.78, 5) is 46.2. The molecule has 0 aromatic heterocycles. The zero-order valence-corrected chi connectivity index (χ0v) is 10.4. The molecule has 9 heteroatoms. The van der Waals surface area contributed by atoms with E-state index < -0.39 is 29.7 Å². The molecule has 0 aromatic rings. The quantitative estimate of drug-likeness (QED) is 0.291. The van der Waals surface area contributed by atoms with Crippen molar-refractivity contribution < 1.29 is 19.2 Å². The molecule has 98 valence electrons. The van der Waals surface area contributed by atoms with Crippen LogP contribution in [0.1, 0.15) is 6.42 Å². The second-order valence-corrected chi connectivity index (χ2v) is 4.19. The first-order valence-electron chi connectivity index (χ1n) is 5.00. The van der Waals surface area contributed by atoms with E-state index >= 15 is 0 Å². The number of likely N-dealkylation sites (tertiary alicyclic amines) is 1. The summed E-state index contributed by atoms with van der Waals surface area (Å²) in [6.07, 6.45) is -0.149. The van der Waals surface area contributed by atoms with Gasteiger partial charge in [-0.3, -0.25) is 24.1 Å². The number of carbonyl (C=O) groups excluding carboxylic acids is 4. The molecule has 1 fully saturated rings. The molecule has 4 amide bonds. The Hall–Kier alpha value is -2.03. The van der Waals surface area contributed by atoms with Crippen molar-refractivity contribution in [1.29, 1.82) is 0 Å². The number of imide groups is 1. The zero-order valence-electron chi connectivity index (χ0n) is 9.56. The number of thiocarbonyl (C=S) groups is 1. The number of nitrogens with zero attached hydrogens (tertiary/aromatic N) is 1. The van der Waals surface area contributed by atoms with Gasteiger partial charge in [0.25, 0.3) is 5.91 Å². The molecular formula is C9H12N4O4S. The molecule has 0 bridgehead atoms. The SMILES string of the molecule is CN1C(=O)CC(NC(=O)C(=O)NCC(N)=S)C1=O. The number of nitrogens with one attached hydrogen (secondary N) is 2. The summed E-state index contributed by atoms with van der Waals surface area (Å²) in [6.45, 7) is -0.112. The summed E-state index contributed by atoms with van der Waals surface area (Å²) in [5, 5.41) is 4.33. The van der Waals surface area contributed by atoms with Crippen LogP contribution in [-0.2, 0) is 19.2 Å². The van der Waals surface area contributed by atoms with Gasteiger partial charge in [-0.15, -0.1) is 0 Å². The maximum atomic E-state index is 11.5. The fourth-order valence-electron chi connectivity index (χ4n) is 1.34. The van der Waals surface area contributed by atoms with Gasteiger partial charge in [-0.1, -0.05) is 12.2 Å². The predicted octanol–water partition coefficient (Wildman–Crippen LogP) is -2.74. The van der Waals surface area contributed by atoms with Gasteiger partial charge in [0.1, 0.15) is 6.04 Å². The maximum Gasteiger partial charge on any atom is 0.309 e. The molecule has 1 aliphatic heterocycles. The van der Waals surface area contributed by atoms with Crippen LogP contribution in [0.4, 0.5) is 0 Å². The summed E-state index contributed by atoms with van der Waals surface area (Å²) < 4.78 is 0. The largest absolute Gasteiger partial charge is 0.392 e. The Kier molecular flexibility index (Phi) is 4.32. The van der Waals surface area contributed by atoms with E-state index in [-0.39, 0.29) is 18.0 Å². The summed E-state index contributed by atoms with van der Waals surface area (Å²) in [6, 6.07) is -0.995. The standard InChI is InChI=1S/C9H12N4O4S/c1-13-6(14)2-4(9(13)17)12-8(16)7(15)11-3-5(10)18/h4H,2-3H2,1H3,(H2,10,18)(H,11,15)(H,12,16). The smallest absolute Gasteiger partial charge is 0.309 e. The average Bonchev–Trinajstić information content (AvgIpc) is 2.53. The lowest BCUT2D eigenvalue weighted by molar-refractivity contribution is -0.141. The third-order valence-corrected chi connectivity index (χ3v) is 2.46. The number of nitrogens with two attached hydrogens (primary N) is 1. The van der Waals surface area contributed by atoms with Gasteiger partial charge in [-0.05, 0) is 0 Å². The van der Waals surface area contributed by atoms with E-state index in [4.69, 9.17) is 5.73 Å². The molecule has 0 aromatic carbocycles. The van der Waals surface area contributed by atoms with Gasteiger partial charge in [0.05, 0.1) is 18.0 Å². The molecule has 1 atom stereocenters. The molecule has 0 spiro atoms. The van der Waals surface area contributed by atoms with E-state index in [1.54, 1.807) is 0 Å². The van der Waals surface area contributed by atoms with Crippen LogP contribution >= 0.6 is 12.2 Å². The van der Waals surface area contributed by atoms with Crippen LogP contribution in [0, 0.1) is 0 Å². The highest BCUT2D eigenvalue weighted by molar-refractivity contribution is 7.80.